The average Bonchev–Trinajstić information content (AvgIpc) is 3.00. The highest BCUT2D eigenvalue weighted by Gasteiger charge is 2.22. The van der Waals surface area contributed by atoms with E-state index in [0.29, 0.717) is 12.5 Å². The van der Waals surface area contributed by atoms with Gasteiger partial charge in [0.05, 0.1) is 0 Å². The lowest BCUT2D eigenvalue weighted by Crippen LogP contribution is -2.25. The van der Waals surface area contributed by atoms with Crippen molar-refractivity contribution in [3.8, 4) is 0 Å². The van der Waals surface area contributed by atoms with E-state index in [0.717, 1.165) is 18.4 Å². The lowest BCUT2D eigenvalue weighted by Gasteiger charge is -2.05. The van der Waals surface area contributed by atoms with Crippen molar-refractivity contribution in [1.82, 2.24) is 5.32 Å². The van der Waals surface area contributed by atoms with E-state index in [2.05, 4.69) is 18.3 Å². The van der Waals surface area contributed by atoms with Crippen LogP contribution in [0.3, 0.4) is 0 Å². The lowest BCUT2D eigenvalue weighted by molar-refractivity contribution is -0.120. The van der Waals surface area contributed by atoms with Gasteiger partial charge in [0.2, 0.25) is 5.91 Å². The number of aryl methyl sites for hydroxylation is 1. The minimum atomic E-state index is 0.140. The number of rotatable bonds is 4. The average molecular weight is 202 g/mol. The zero-order chi connectivity index (χ0) is 10.7. The highest BCUT2D eigenvalue weighted by Crippen LogP contribution is 2.19. The van der Waals surface area contributed by atoms with Gasteiger partial charge in [-0.3, -0.25) is 4.79 Å². The normalized spacial score (nSPS) is 15.0. The summed E-state index contributed by atoms with van der Waals surface area (Å²) in [6, 6.07) is 8.57. The summed E-state index contributed by atoms with van der Waals surface area (Å²) >= 11 is 0. The first kappa shape index (κ1) is 10.2. The number of carbonyl (C=O) groups is 1. The molecule has 0 aromatic heterocycles. The maximum Gasteiger partial charge on any atom is 0.220 e. The zero-order valence-corrected chi connectivity index (χ0v) is 8.99. The molecule has 1 fully saturated rings. The van der Waals surface area contributed by atoms with Gasteiger partial charge in [-0.25, -0.2) is 0 Å². The fourth-order valence-electron chi connectivity index (χ4n) is 1.53. The number of hydrogen-bond donors (Lipinski definition) is 1. The van der Waals surface area contributed by atoms with Crippen LogP contribution in [-0.2, 0) is 4.79 Å². The monoisotopic (exact) mass is 202 g/mol. The Bertz CT molecular complexity index is 355. The van der Waals surface area contributed by atoms with Crippen molar-refractivity contribution in [3.05, 3.63) is 41.8 Å². The van der Waals surface area contributed by atoms with E-state index in [-0.39, 0.29) is 5.91 Å². The molecule has 1 aliphatic carbocycles. The summed E-state index contributed by atoms with van der Waals surface area (Å²) in [5.74, 6) is 0.140. The molecule has 1 aromatic rings. The first-order valence-corrected chi connectivity index (χ1v) is 5.44. The molecule has 1 aliphatic rings. The summed E-state index contributed by atoms with van der Waals surface area (Å²) in [7, 11) is 0. The van der Waals surface area contributed by atoms with Gasteiger partial charge in [0.25, 0.3) is 0 Å². The van der Waals surface area contributed by atoms with Gasteiger partial charge < -0.3 is 5.32 Å². The van der Waals surface area contributed by atoms with Crippen molar-refractivity contribution in [2.75, 3.05) is 0 Å². The van der Waals surface area contributed by atoms with Crippen LogP contribution in [0.15, 0.2) is 24.3 Å². The topological polar surface area (TPSA) is 29.1 Å². The Morgan fingerprint density at radius 3 is 2.87 bits per heavy atom. The van der Waals surface area contributed by atoms with Gasteiger partial charge >= 0.3 is 0 Å². The van der Waals surface area contributed by atoms with E-state index in [1.165, 1.54) is 5.56 Å². The summed E-state index contributed by atoms with van der Waals surface area (Å²) in [4.78, 5) is 11.4. The van der Waals surface area contributed by atoms with Crippen LogP contribution < -0.4 is 5.32 Å². The molecule has 0 saturated heterocycles. The molecule has 1 saturated carbocycles. The summed E-state index contributed by atoms with van der Waals surface area (Å²) in [6.07, 6.45) is 4.78. The Morgan fingerprint density at radius 1 is 1.47 bits per heavy atom. The molecule has 1 aromatic carbocycles. The maximum absolute atomic E-state index is 11.4. The van der Waals surface area contributed by atoms with E-state index < -0.39 is 0 Å². The highest BCUT2D eigenvalue weighted by atomic mass is 16.1. The Balaban J connectivity index is 1.81. The third-order valence-corrected chi connectivity index (χ3v) is 2.64. The van der Waals surface area contributed by atoms with Crippen molar-refractivity contribution >= 4 is 5.91 Å². The molecule has 2 heteroatoms. The fourth-order valence-corrected chi connectivity index (χ4v) is 1.53. The molecular weight excluding hydrogens is 186 g/mol. The lowest BCUT2D eigenvalue weighted by atomic mass is 10.0. The number of benzene rings is 1. The molecule has 0 aliphatic heterocycles. The molecule has 1 radical (unpaired) electrons. The van der Waals surface area contributed by atoms with Crippen LogP contribution in [0.25, 0.3) is 0 Å². The minimum Gasteiger partial charge on any atom is -0.353 e. The molecule has 1 N–H and O–H groups in total. The van der Waals surface area contributed by atoms with Crippen LogP contribution in [0.1, 0.15) is 30.4 Å². The molecule has 0 spiro atoms. The maximum atomic E-state index is 11.4. The predicted octanol–water partition coefficient (Wildman–Crippen LogP) is 2.22. The summed E-state index contributed by atoms with van der Waals surface area (Å²) < 4.78 is 0. The van der Waals surface area contributed by atoms with Gasteiger partial charge in [-0.1, -0.05) is 24.3 Å². The van der Waals surface area contributed by atoms with Crippen molar-refractivity contribution in [1.29, 1.82) is 0 Å². The van der Waals surface area contributed by atoms with Gasteiger partial charge in [-0.2, -0.15) is 0 Å². The standard InChI is InChI=1S/C13H16NO/c1-10-4-2-3-5-11(10)6-9-13(15)14-12-7-8-12/h2-6,12H,7-9H2,1H3,(H,14,15). The van der Waals surface area contributed by atoms with Crippen LogP contribution in [0.5, 0.6) is 0 Å². The third-order valence-electron chi connectivity index (χ3n) is 2.64. The van der Waals surface area contributed by atoms with Crippen LogP contribution in [0, 0.1) is 13.3 Å². The van der Waals surface area contributed by atoms with E-state index in [1.54, 1.807) is 0 Å². The second kappa shape index (κ2) is 4.47. The molecule has 15 heavy (non-hydrogen) atoms. The Kier molecular flexibility index (Phi) is 3.05. The van der Waals surface area contributed by atoms with Crippen molar-refractivity contribution < 1.29 is 4.79 Å². The van der Waals surface area contributed by atoms with Crippen LogP contribution >= 0.6 is 0 Å². The largest absolute Gasteiger partial charge is 0.353 e. The third kappa shape index (κ3) is 3.08. The Labute approximate surface area is 90.7 Å². The van der Waals surface area contributed by atoms with Crippen LogP contribution in [0.2, 0.25) is 0 Å². The zero-order valence-electron chi connectivity index (χ0n) is 8.99. The first-order valence-electron chi connectivity index (χ1n) is 5.44. The molecule has 79 valence electrons. The molecule has 1 amide bonds. The van der Waals surface area contributed by atoms with E-state index in [4.69, 9.17) is 0 Å². The van der Waals surface area contributed by atoms with Crippen LogP contribution in [-0.4, -0.2) is 11.9 Å². The fraction of sp³-hybridized carbons (Fsp3) is 0.385. The molecule has 0 bridgehead atoms. The van der Waals surface area contributed by atoms with Crippen LogP contribution in [0.4, 0.5) is 0 Å². The molecule has 0 heterocycles. The molecular formula is C13H16NO. The van der Waals surface area contributed by atoms with Gasteiger partial charge in [-0.05, 0) is 30.9 Å². The molecule has 2 nitrogen and oxygen atoms in total. The van der Waals surface area contributed by atoms with Crippen molar-refractivity contribution in [2.45, 2.75) is 32.2 Å². The minimum absolute atomic E-state index is 0.140. The number of carbonyl (C=O) groups excluding carboxylic acids is 1. The van der Waals surface area contributed by atoms with Gasteiger partial charge in [0.15, 0.2) is 0 Å². The van der Waals surface area contributed by atoms with Gasteiger partial charge in [-0.15, -0.1) is 0 Å². The number of nitrogens with one attached hydrogen (secondary N) is 1. The highest BCUT2D eigenvalue weighted by molar-refractivity contribution is 5.78. The van der Waals surface area contributed by atoms with E-state index >= 15 is 0 Å². The van der Waals surface area contributed by atoms with E-state index in [9.17, 15) is 4.79 Å². The quantitative estimate of drug-likeness (QED) is 0.797. The predicted molar refractivity (Wildman–Crippen MR) is 60.4 cm³/mol. The van der Waals surface area contributed by atoms with E-state index in [1.807, 2.05) is 24.6 Å². The van der Waals surface area contributed by atoms with Crippen molar-refractivity contribution in [2.24, 2.45) is 0 Å². The molecule has 2 rings (SSSR count). The van der Waals surface area contributed by atoms with Gasteiger partial charge in [0.1, 0.15) is 0 Å². The molecule has 0 atom stereocenters. The summed E-state index contributed by atoms with van der Waals surface area (Å²) in [6.45, 7) is 2.06. The van der Waals surface area contributed by atoms with Gasteiger partial charge in [0, 0.05) is 18.9 Å². The SMILES string of the molecule is Cc1ccccc1[CH]CC(=O)NC1CC1. The summed E-state index contributed by atoms with van der Waals surface area (Å²) in [5, 5.41) is 2.97. The van der Waals surface area contributed by atoms with Crippen molar-refractivity contribution in [3.63, 3.8) is 0 Å². The second-order valence-corrected chi connectivity index (χ2v) is 4.11. The second-order valence-electron chi connectivity index (χ2n) is 4.11. The number of amides is 1. The summed E-state index contributed by atoms with van der Waals surface area (Å²) in [5.41, 5.74) is 2.38. The molecule has 0 unspecified atom stereocenters. The Morgan fingerprint density at radius 2 is 2.20 bits per heavy atom. The first-order chi connectivity index (χ1) is 7.25. The number of hydrogen-bond acceptors (Lipinski definition) is 1. The smallest absolute Gasteiger partial charge is 0.220 e. The Hall–Kier alpha value is -1.31.